The molecule has 25 heavy (non-hydrogen) atoms. The van der Waals surface area contributed by atoms with E-state index in [0.29, 0.717) is 22.6 Å². The molecule has 0 spiro atoms. The molecule has 0 aliphatic rings. The summed E-state index contributed by atoms with van der Waals surface area (Å²) in [7, 11) is 0. The van der Waals surface area contributed by atoms with E-state index in [-0.39, 0.29) is 12.4 Å². The van der Waals surface area contributed by atoms with Crippen molar-refractivity contribution < 1.29 is 24.5 Å². The van der Waals surface area contributed by atoms with E-state index in [1.807, 2.05) is 0 Å². The molecular formula is C16H21N3O5S. The van der Waals surface area contributed by atoms with E-state index in [0.717, 1.165) is 0 Å². The van der Waals surface area contributed by atoms with Gasteiger partial charge in [0.05, 0.1) is 12.2 Å². The van der Waals surface area contributed by atoms with Gasteiger partial charge >= 0.3 is 11.9 Å². The zero-order chi connectivity index (χ0) is 18.8. The number of phenols is 1. The summed E-state index contributed by atoms with van der Waals surface area (Å²) in [6.45, 7) is 3.48. The molecule has 0 bridgehead atoms. The maximum atomic E-state index is 11.6. The number of hydrogen-bond donors (Lipinski definition) is 4. The van der Waals surface area contributed by atoms with Gasteiger partial charge in [-0.05, 0) is 31.5 Å². The summed E-state index contributed by atoms with van der Waals surface area (Å²) >= 11 is 1.26. The fourth-order valence-corrected chi connectivity index (χ4v) is 2.56. The Kier molecular flexibility index (Phi) is 8.34. The van der Waals surface area contributed by atoms with Gasteiger partial charge in [0.15, 0.2) is 0 Å². The van der Waals surface area contributed by atoms with Crippen molar-refractivity contribution in [1.29, 1.82) is 0 Å². The normalized spacial score (nSPS) is 12.8. The number of carbonyl (C=O) groups is 2. The molecule has 9 heteroatoms. The quantitative estimate of drug-likeness (QED) is 0.129. The van der Waals surface area contributed by atoms with Crippen molar-refractivity contribution in [3.8, 4) is 5.75 Å². The minimum absolute atomic E-state index is 0.0459. The number of benzene rings is 1. The second kappa shape index (κ2) is 10.2. The van der Waals surface area contributed by atoms with Crippen molar-refractivity contribution in [3.05, 3.63) is 41.1 Å². The number of aliphatic carboxylic acids is 1. The highest BCUT2D eigenvalue weighted by Gasteiger charge is 2.21. The Morgan fingerprint density at radius 3 is 2.80 bits per heavy atom. The predicted octanol–water partition coefficient (Wildman–Crippen LogP) is 1.71. The van der Waals surface area contributed by atoms with Crippen LogP contribution in [0.4, 0.5) is 0 Å². The minimum atomic E-state index is -1.12. The number of nitrogens with zero attached hydrogens (tertiary/aromatic N) is 1. The van der Waals surface area contributed by atoms with Crippen LogP contribution in [-0.4, -0.2) is 34.3 Å². The number of carboxylic acids is 1. The highest BCUT2D eigenvalue weighted by Crippen LogP contribution is 2.26. The lowest BCUT2D eigenvalue weighted by atomic mass is 10.0. The number of ether oxygens (including phenoxy) is 1. The Hall–Kier alpha value is -2.68. The first-order chi connectivity index (χ1) is 11.9. The van der Waals surface area contributed by atoms with E-state index >= 15 is 0 Å². The first-order valence-corrected chi connectivity index (χ1v) is 8.43. The molecule has 0 aromatic heterocycles. The number of phenolic OH excluding ortho intramolecular Hbond substituents is 1. The van der Waals surface area contributed by atoms with Crippen LogP contribution in [0.3, 0.4) is 0 Å². The van der Waals surface area contributed by atoms with Crippen molar-refractivity contribution in [3.63, 3.8) is 0 Å². The van der Waals surface area contributed by atoms with Gasteiger partial charge in [-0.25, -0.2) is 9.59 Å². The van der Waals surface area contributed by atoms with Crippen molar-refractivity contribution in [1.82, 2.24) is 5.32 Å². The number of hydrogen-bond acceptors (Lipinski definition) is 8. The van der Waals surface area contributed by atoms with Crippen molar-refractivity contribution in [2.75, 3.05) is 6.61 Å². The minimum Gasteiger partial charge on any atom is -0.508 e. The van der Waals surface area contributed by atoms with Gasteiger partial charge in [0.1, 0.15) is 11.8 Å². The average molecular weight is 367 g/mol. The third kappa shape index (κ3) is 6.76. The molecule has 1 unspecified atom stereocenters. The Balaban J connectivity index is 3.00. The number of nitrogens with two attached hydrogens (primary N) is 1. The standard InChI is InChI=1S/C16H21N3O5S/c1-3-24-14(21)6-10(2)19-15(16(22)23)11-4-5-13(20)12(7-11)8-25-9-18-17/h4-7,9,15,19-20H,3,8,17H2,1-2H3,(H,22,23). The van der Waals surface area contributed by atoms with Gasteiger partial charge < -0.3 is 26.1 Å². The van der Waals surface area contributed by atoms with Crippen molar-refractivity contribution in [2.24, 2.45) is 10.9 Å². The number of hydrazone groups is 1. The van der Waals surface area contributed by atoms with Gasteiger partial charge in [0, 0.05) is 23.1 Å². The van der Waals surface area contributed by atoms with Crippen LogP contribution >= 0.6 is 11.8 Å². The summed E-state index contributed by atoms with van der Waals surface area (Å²) in [6, 6.07) is 3.42. The lowest BCUT2D eigenvalue weighted by molar-refractivity contribution is -0.140. The largest absolute Gasteiger partial charge is 0.508 e. The lowest BCUT2D eigenvalue weighted by Crippen LogP contribution is -2.27. The van der Waals surface area contributed by atoms with Crippen LogP contribution in [0.5, 0.6) is 5.75 Å². The summed E-state index contributed by atoms with van der Waals surface area (Å²) in [5.41, 5.74) is 2.75. The zero-order valence-electron chi connectivity index (χ0n) is 13.9. The number of allylic oxidation sites excluding steroid dienone is 1. The van der Waals surface area contributed by atoms with E-state index in [1.54, 1.807) is 19.9 Å². The molecule has 0 saturated carbocycles. The Labute approximate surface area is 149 Å². The van der Waals surface area contributed by atoms with Gasteiger partial charge in [0.25, 0.3) is 0 Å². The van der Waals surface area contributed by atoms with Gasteiger partial charge in [0.2, 0.25) is 0 Å². The average Bonchev–Trinajstić information content (AvgIpc) is 2.54. The van der Waals surface area contributed by atoms with Crippen LogP contribution in [0.1, 0.15) is 31.0 Å². The Morgan fingerprint density at radius 1 is 1.48 bits per heavy atom. The second-order valence-corrected chi connectivity index (χ2v) is 5.78. The number of thioether (sulfide) groups is 1. The van der Waals surface area contributed by atoms with Crippen LogP contribution in [-0.2, 0) is 20.1 Å². The molecule has 0 amide bonds. The van der Waals surface area contributed by atoms with Crippen molar-refractivity contribution >= 4 is 29.2 Å². The first kappa shape index (κ1) is 20.4. The molecule has 1 aromatic carbocycles. The molecule has 1 atom stereocenters. The maximum Gasteiger partial charge on any atom is 0.332 e. The molecule has 1 rings (SSSR count). The van der Waals surface area contributed by atoms with Crippen LogP contribution in [0.25, 0.3) is 0 Å². The van der Waals surface area contributed by atoms with Gasteiger partial charge in [-0.15, -0.1) is 11.8 Å². The first-order valence-electron chi connectivity index (χ1n) is 7.38. The highest BCUT2D eigenvalue weighted by molar-refractivity contribution is 8.11. The Morgan fingerprint density at radius 2 is 2.20 bits per heavy atom. The summed E-state index contributed by atoms with van der Waals surface area (Å²) in [5.74, 6) is 3.77. The molecule has 0 saturated heterocycles. The smallest absolute Gasteiger partial charge is 0.332 e. The molecule has 0 radical (unpaired) electrons. The van der Waals surface area contributed by atoms with Crippen LogP contribution in [0.2, 0.25) is 0 Å². The van der Waals surface area contributed by atoms with Crippen LogP contribution in [0.15, 0.2) is 35.1 Å². The summed E-state index contributed by atoms with van der Waals surface area (Å²) in [6.07, 6.45) is 1.19. The number of esters is 1. The SMILES string of the molecule is CCOC(=O)C=C(C)NC(C(=O)O)c1ccc(O)c(CSC=NN)c1. The van der Waals surface area contributed by atoms with Gasteiger partial charge in [-0.1, -0.05) is 6.07 Å². The molecule has 0 heterocycles. The van der Waals surface area contributed by atoms with Crippen LogP contribution in [0, 0.1) is 0 Å². The molecule has 136 valence electrons. The molecule has 1 aromatic rings. The van der Waals surface area contributed by atoms with E-state index in [4.69, 9.17) is 10.6 Å². The molecule has 0 fully saturated rings. The molecule has 0 aliphatic carbocycles. The number of carbonyl (C=O) groups excluding carboxylic acids is 1. The van der Waals surface area contributed by atoms with E-state index < -0.39 is 18.0 Å². The molecule has 0 aliphatic heterocycles. The lowest BCUT2D eigenvalue weighted by Gasteiger charge is -2.17. The fraction of sp³-hybridized carbons (Fsp3) is 0.312. The van der Waals surface area contributed by atoms with Crippen molar-refractivity contribution in [2.45, 2.75) is 25.6 Å². The fourth-order valence-electron chi connectivity index (χ4n) is 1.99. The summed E-state index contributed by atoms with van der Waals surface area (Å²) in [5, 5.41) is 25.5. The summed E-state index contributed by atoms with van der Waals surface area (Å²) in [4.78, 5) is 23.0. The third-order valence-corrected chi connectivity index (χ3v) is 3.80. The Bertz CT molecular complexity index is 676. The number of aromatic hydroxyl groups is 1. The molecule has 5 N–H and O–H groups in total. The van der Waals surface area contributed by atoms with Gasteiger partial charge in [-0.2, -0.15) is 5.10 Å². The van der Waals surface area contributed by atoms with E-state index in [1.165, 1.54) is 35.5 Å². The highest BCUT2D eigenvalue weighted by atomic mass is 32.2. The zero-order valence-corrected chi connectivity index (χ0v) is 14.7. The maximum absolute atomic E-state index is 11.6. The monoisotopic (exact) mass is 367 g/mol. The number of nitrogens with one attached hydrogen (secondary N) is 1. The molecule has 8 nitrogen and oxygen atoms in total. The van der Waals surface area contributed by atoms with E-state index in [9.17, 15) is 19.8 Å². The molecular weight excluding hydrogens is 346 g/mol. The third-order valence-electron chi connectivity index (χ3n) is 3.05. The predicted molar refractivity (Wildman–Crippen MR) is 96.0 cm³/mol. The second-order valence-electron chi connectivity index (χ2n) is 4.95. The van der Waals surface area contributed by atoms with Gasteiger partial charge in [-0.3, -0.25) is 0 Å². The number of carboxylic acid groups (broad SMARTS) is 1. The number of rotatable bonds is 9. The topological polar surface area (TPSA) is 134 Å². The summed E-state index contributed by atoms with van der Waals surface area (Å²) < 4.78 is 4.79. The van der Waals surface area contributed by atoms with Crippen LogP contribution < -0.4 is 11.2 Å². The van der Waals surface area contributed by atoms with E-state index in [2.05, 4.69) is 10.4 Å².